The Morgan fingerprint density at radius 1 is 1.56 bits per heavy atom. The molecule has 0 saturated heterocycles. The van der Waals surface area contributed by atoms with Crippen molar-refractivity contribution in [2.45, 2.75) is 32.1 Å². The summed E-state index contributed by atoms with van der Waals surface area (Å²) in [4.78, 5) is 11.5. The van der Waals surface area contributed by atoms with Gasteiger partial charge in [-0.3, -0.25) is 4.68 Å². The number of rotatable bonds is 4. The minimum Gasteiger partial charge on any atom is -0.465 e. The topological polar surface area (TPSA) is 70.1 Å². The van der Waals surface area contributed by atoms with Crippen molar-refractivity contribution < 1.29 is 22.7 Å². The molecule has 1 aromatic rings. The number of esters is 1. The van der Waals surface area contributed by atoms with Crippen molar-refractivity contribution >= 4 is 5.97 Å². The lowest BCUT2D eigenvalue weighted by Gasteiger charge is -2.21. The van der Waals surface area contributed by atoms with Crippen LogP contribution in [0.1, 0.15) is 19.5 Å². The molecule has 1 atom stereocenters. The number of halogens is 3. The van der Waals surface area contributed by atoms with E-state index >= 15 is 0 Å². The van der Waals surface area contributed by atoms with Crippen LogP contribution in [0.3, 0.4) is 0 Å². The third-order valence-corrected chi connectivity index (χ3v) is 2.16. The number of hydrogen-bond donors (Lipinski definition) is 1. The van der Waals surface area contributed by atoms with Crippen LogP contribution in [0.15, 0.2) is 12.3 Å². The van der Waals surface area contributed by atoms with Crippen LogP contribution in [0, 0.1) is 0 Å². The first-order valence-corrected chi connectivity index (χ1v) is 5.23. The monoisotopic (exact) mass is 265 g/mol. The fraction of sp³-hybridized carbons (Fsp3) is 0.600. The molecular weight excluding hydrogens is 251 g/mol. The average Bonchev–Trinajstić information content (AvgIpc) is 2.65. The van der Waals surface area contributed by atoms with Crippen molar-refractivity contribution in [2.24, 2.45) is 5.73 Å². The zero-order chi connectivity index (χ0) is 14.0. The van der Waals surface area contributed by atoms with E-state index in [1.165, 1.54) is 6.92 Å². The van der Waals surface area contributed by atoms with Gasteiger partial charge in [0.15, 0.2) is 5.69 Å². The number of carbonyl (C=O) groups excluding carboxylic acids is 1. The van der Waals surface area contributed by atoms with Gasteiger partial charge in [0.1, 0.15) is 5.54 Å². The molecule has 0 bridgehead atoms. The molecule has 1 aromatic heterocycles. The van der Waals surface area contributed by atoms with Gasteiger partial charge in [0, 0.05) is 6.20 Å². The molecule has 1 unspecified atom stereocenters. The molecule has 0 aliphatic rings. The maximum atomic E-state index is 12.3. The Kier molecular flexibility index (Phi) is 4.00. The molecule has 0 fully saturated rings. The van der Waals surface area contributed by atoms with Gasteiger partial charge in [0.05, 0.1) is 13.2 Å². The second-order valence-electron chi connectivity index (χ2n) is 4.03. The Morgan fingerprint density at radius 2 is 2.17 bits per heavy atom. The Bertz CT molecular complexity index is 426. The fourth-order valence-electron chi connectivity index (χ4n) is 1.30. The van der Waals surface area contributed by atoms with Crippen molar-refractivity contribution in [3.63, 3.8) is 0 Å². The SMILES string of the molecule is CCOC(=O)C(C)(N)Cn1ccc(C(F)(F)F)n1. The van der Waals surface area contributed by atoms with Crippen molar-refractivity contribution in [1.29, 1.82) is 0 Å². The molecule has 1 heterocycles. The lowest BCUT2D eigenvalue weighted by atomic mass is 10.1. The van der Waals surface area contributed by atoms with Crippen LogP contribution in [0.4, 0.5) is 13.2 Å². The number of nitrogens with two attached hydrogens (primary N) is 1. The summed E-state index contributed by atoms with van der Waals surface area (Å²) in [5.41, 5.74) is 3.23. The normalized spacial score (nSPS) is 15.2. The Morgan fingerprint density at radius 3 is 2.61 bits per heavy atom. The molecule has 1 rings (SSSR count). The van der Waals surface area contributed by atoms with E-state index in [4.69, 9.17) is 10.5 Å². The van der Waals surface area contributed by atoms with Crippen LogP contribution in [0.25, 0.3) is 0 Å². The standard InChI is InChI=1S/C10H14F3N3O2/c1-3-18-8(17)9(2,14)6-16-5-4-7(15-16)10(11,12)13/h4-5H,3,6,14H2,1-2H3. The Balaban J connectivity index is 2.79. The lowest BCUT2D eigenvalue weighted by Crippen LogP contribution is -2.49. The van der Waals surface area contributed by atoms with E-state index in [-0.39, 0.29) is 13.2 Å². The van der Waals surface area contributed by atoms with E-state index in [1.54, 1.807) is 6.92 Å². The van der Waals surface area contributed by atoms with Crippen LogP contribution in [0.2, 0.25) is 0 Å². The van der Waals surface area contributed by atoms with E-state index in [0.29, 0.717) is 0 Å². The smallest absolute Gasteiger partial charge is 0.435 e. The third kappa shape index (κ3) is 3.46. The van der Waals surface area contributed by atoms with Gasteiger partial charge in [0.25, 0.3) is 0 Å². The molecule has 18 heavy (non-hydrogen) atoms. The fourth-order valence-corrected chi connectivity index (χ4v) is 1.30. The molecule has 0 saturated carbocycles. The van der Waals surface area contributed by atoms with Gasteiger partial charge in [-0.25, -0.2) is 4.79 Å². The maximum Gasteiger partial charge on any atom is 0.435 e. The predicted molar refractivity (Wildman–Crippen MR) is 56.5 cm³/mol. The first kappa shape index (κ1) is 14.5. The lowest BCUT2D eigenvalue weighted by molar-refractivity contribution is -0.149. The van der Waals surface area contributed by atoms with Crippen molar-refractivity contribution in [3.05, 3.63) is 18.0 Å². The van der Waals surface area contributed by atoms with E-state index < -0.39 is 23.4 Å². The summed E-state index contributed by atoms with van der Waals surface area (Å²) < 4.78 is 42.6. The van der Waals surface area contributed by atoms with Crippen molar-refractivity contribution in [1.82, 2.24) is 9.78 Å². The van der Waals surface area contributed by atoms with Gasteiger partial charge in [-0.05, 0) is 19.9 Å². The van der Waals surface area contributed by atoms with Crippen molar-refractivity contribution in [2.75, 3.05) is 6.61 Å². The summed E-state index contributed by atoms with van der Waals surface area (Å²) >= 11 is 0. The summed E-state index contributed by atoms with van der Waals surface area (Å²) in [7, 11) is 0. The zero-order valence-electron chi connectivity index (χ0n) is 9.99. The molecule has 0 aromatic carbocycles. The highest BCUT2D eigenvalue weighted by molar-refractivity contribution is 5.79. The summed E-state index contributed by atoms with van der Waals surface area (Å²) in [6.07, 6.45) is -3.40. The highest BCUT2D eigenvalue weighted by Crippen LogP contribution is 2.27. The summed E-state index contributed by atoms with van der Waals surface area (Å²) in [6.45, 7) is 2.95. The molecule has 0 amide bonds. The molecule has 5 nitrogen and oxygen atoms in total. The molecule has 2 N–H and O–H groups in total. The number of alkyl halides is 3. The van der Waals surface area contributed by atoms with E-state index in [9.17, 15) is 18.0 Å². The number of ether oxygens (including phenoxy) is 1. The molecule has 0 aliphatic carbocycles. The van der Waals surface area contributed by atoms with Gasteiger partial charge in [-0.15, -0.1) is 0 Å². The highest BCUT2D eigenvalue weighted by atomic mass is 19.4. The quantitative estimate of drug-likeness (QED) is 0.830. The number of aromatic nitrogens is 2. The Hall–Kier alpha value is -1.57. The van der Waals surface area contributed by atoms with E-state index in [1.807, 2.05) is 0 Å². The van der Waals surface area contributed by atoms with Crippen LogP contribution < -0.4 is 5.73 Å². The zero-order valence-corrected chi connectivity index (χ0v) is 9.99. The van der Waals surface area contributed by atoms with Crippen LogP contribution in [0.5, 0.6) is 0 Å². The van der Waals surface area contributed by atoms with Crippen molar-refractivity contribution in [3.8, 4) is 0 Å². The predicted octanol–water partition coefficient (Wildman–Crippen LogP) is 1.18. The van der Waals surface area contributed by atoms with Crippen LogP contribution in [-0.4, -0.2) is 27.9 Å². The Labute approximate surface area is 102 Å². The number of carbonyl (C=O) groups is 1. The molecule has 8 heteroatoms. The van der Waals surface area contributed by atoms with Gasteiger partial charge < -0.3 is 10.5 Å². The minimum atomic E-state index is -4.51. The second-order valence-corrected chi connectivity index (χ2v) is 4.03. The van der Waals surface area contributed by atoms with Gasteiger partial charge in [-0.1, -0.05) is 0 Å². The second kappa shape index (κ2) is 4.97. The maximum absolute atomic E-state index is 12.3. The molecule has 0 radical (unpaired) electrons. The van der Waals surface area contributed by atoms with E-state index in [2.05, 4.69) is 5.10 Å². The first-order chi connectivity index (χ1) is 8.16. The summed E-state index contributed by atoms with van der Waals surface area (Å²) in [5, 5.41) is 3.31. The van der Waals surface area contributed by atoms with Gasteiger partial charge in [0.2, 0.25) is 0 Å². The highest BCUT2D eigenvalue weighted by Gasteiger charge is 2.35. The minimum absolute atomic E-state index is 0.151. The van der Waals surface area contributed by atoms with Crippen LogP contribution in [-0.2, 0) is 22.3 Å². The van der Waals surface area contributed by atoms with Crippen LogP contribution >= 0.6 is 0 Å². The first-order valence-electron chi connectivity index (χ1n) is 5.23. The molecule has 0 aliphatic heterocycles. The number of nitrogens with zero attached hydrogens (tertiary/aromatic N) is 2. The third-order valence-electron chi connectivity index (χ3n) is 2.16. The number of hydrogen-bond acceptors (Lipinski definition) is 4. The summed E-state index contributed by atoms with van der Waals surface area (Å²) in [5.74, 6) is -0.686. The molecular formula is C10H14F3N3O2. The van der Waals surface area contributed by atoms with Gasteiger partial charge in [-0.2, -0.15) is 18.3 Å². The average molecular weight is 265 g/mol. The largest absolute Gasteiger partial charge is 0.465 e. The van der Waals surface area contributed by atoms with Gasteiger partial charge >= 0.3 is 12.1 Å². The summed E-state index contributed by atoms with van der Waals surface area (Å²) in [6, 6.07) is 0.821. The molecule has 102 valence electrons. The molecule has 0 spiro atoms. The van der Waals surface area contributed by atoms with E-state index in [0.717, 1.165) is 16.9 Å².